The zero-order valence-electron chi connectivity index (χ0n) is 10.3. The lowest BCUT2D eigenvalue weighted by atomic mass is 9.76. The smallest absolute Gasteiger partial charge is 0.325 e. The molecule has 92 valence electrons. The Bertz CT molecular complexity index is 454. The number of benzene rings is 1. The Balaban J connectivity index is 2.63. The average molecular weight is 235 g/mol. The molecule has 0 aromatic heterocycles. The molecule has 0 spiro atoms. The standard InChI is InChI=1S/C13H17NO3/c1-13(2)7-14-11(12(15)16)8-5-4-6-9(17-3)10(8)13/h4-6,11,14H,7H2,1-3H3,(H,15,16). The highest BCUT2D eigenvalue weighted by molar-refractivity contribution is 5.77. The first-order valence-corrected chi connectivity index (χ1v) is 5.61. The van der Waals surface area contributed by atoms with Crippen LogP contribution < -0.4 is 10.1 Å². The second-order valence-corrected chi connectivity index (χ2v) is 4.96. The highest BCUT2D eigenvalue weighted by Gasteiger charge is 2.37. The van der Waals surface area contributed by atoms with Crippen molar-refractivity contribution in [2.45, 2.75) is 25.3 Å². The molecule has 4 nitrogen and oxygen atoms in total. The number of carboxylic acids is 1. The van der Waals surface area contributed by atoms with Crippen LogP contribution in [0.2, 0.25) is 0 Å². The summed E-state index contributed by atoms with van der Waals surface area (Å²) in [7, 11) is 1.61. The Morgan fingerprint density at radius 3 is 2.82 bits per heavy atom. The normalized spacial score (nSPS) is 21.7. The van der Waals surface area contributed by atoms with Gasteiger partial charge in [-0.15, -0.1) is 0 Å². The molecule has 2 N–H and O–H groups in total. The maximum Gasteiger partial charge on any atom is 0.325 e. The molecule has 1 aromatic rings. The highest BCUT2D eigenvalue weighted by atomic mass is 16.5. The molecule has 4 heteroatoms. The van der Waals surface area contributed by atoms with Crippen LogP contribution in [0.25, 0.3) is 0 Å². The van der Waals surface area contributed by atoms with Gasteiger partial charge in [-0.25, -0.2) is 0 Å². The fourth-order valence-electron chi connectivity index (χ4n) is 2.46. The van der Waals surface area contributed by atoms with E-state index in [1.165, 1.54) is 0 Å². The van der Waals surface area contributed by atoms with Gasteiger partial charge in [0, 0.05) is 17.5 Å². The Labute approximate surface area is 101 Å². The molecular formula is C13H17NO3. The van der Waals surface area contributed by atoms with E-state index in [1.807, 2.05) is 18.2 Å². The molecule has 0 saturated carbocycles. The minimum absolute atomic E-state index is 0.131. The zero-order chi connectivity index (χ0) is 12.6. The number of hydrogen-bond donors (Lipinski definition) is 2. The van der Waals surface area contributed by atoms with E-state index in [0.29, 0.717) is 6.54 Å². The van der Waals surface area contributed by atoms with E-state index in [9.17, 15) is 9.90 Å². The second-order valence-electron chi connectivity index (χ2n) is 4.96. The van der Waals surface area contributed by atoms with Gasteiger partial charge in [0.2, 0.25) is 0 Å². The summed E-state index contributed by atoms with van der Waals surface area (Å²) in [6, 6.07) is 4.92. The summed E-state index contributed by atoms with van der Waals surface area (Å²) in [5, 5.41) is 12.3. The minimum atomic E-state index is -0.852. The van der Waals surface area contributed by atoms with Gasteiger partial charge in [-0.05, 0) is 11.6 Å². The van der Waals surface area contributed by atoms with E-state index in [1.54, 1.807) is 7.11 Å². The molecule has 1 aliphatic heterocycles. The molecule has 0 radical (unpaired) electrons. The van der Waals surface area contributed by atoms with Gasteiger partial charge in [-0.2, -0.15) is 0 Å². The van der Waals surface area contributed by atoms with Crippen molar-refractivity contribution >= 4 is 5.97 Å². The van der Waals surface area contributed by atoms with Crippen molar-refractivity contribution in [1.29, 1.82) is 0 Å². The largest absolute Gasteiger partial charge is 0.496 e. The first-order valence-electron chi connectivity index (χ1n) is 5.61. The Kier molecular flexibility index (Phi) is 2.83. The van der Waals surface area contributed by atoms with Crippen molar-refractivity contribution in [3.05, 3.63) is 29.3 Å². The van der Waals surface area contributed by atoms with Crippen LogP contribution in [0.1, 0.15) is 31.0 Å². The summed E-state index contributed by atoms with van der Waals surface area (Å²) in [5.41, 5.74) is 1.66. The van der Waals surface area contributed by atoms with Gasteiger partial charge >= 0.3 is 5.97 Å². The third kappa shape index (κ3) is 1.89. The van der Waals surface area contributed by atoms with Crippen LogP contribution in [0.5, 0.6) is 5.75 Å². The van der Waals surface area contributed by atoms with E-state index < -0.39 is 12.0 Å². The predicted octanol–water partition coefficient (Wildman–Crippen LogP) is 1.70. The van der Waals surface area contributed by atoms with Crippen LogP contribution in [0.3, 0.4) is 0 Å². The van der Waals surface area contributed by atoms with Crippen LogP contribution in [0.15, 0.2) is 18.2 Å². The monoisotopic (exact) mass is 235 g/mol. The fraction of sp³-hybridized carbons (Fsp3) is 0.462. The molecular weight excluding hydrogens is 218 g/mol. The van der Waals surface area contributed by atoms with Crippen LogP contribution in [0, 0.1) is 0 Å². The highest BCUT2D eigenvalue weighted by Crippen LogP contribution is 2.40. The van der Waals surface area contributed by atoms with Gasteiger partial charge in [0.15, 0.2) is 0 Å². The van der Waals surface area contributed by atoms with Gasteiger partial charge in [0.1, 0.15) is 11.8 Å². The Morgan fingerprint density at radius 2 is 2.24 bits per heavy atom. The molecule has 0 aliphatic carbocycles. The van der Waals surface area contributed by atoms with Crippen LogP contribution in [-0.2, 0) is 10.2 Å². The summed E-state index contributed by atoms with van der Waals surface area (Å²) >= 11 is 0. The number of carboxylic acid groups (broad SMARTS) is 1. The third-order valence-electron chi connectivity index (χ3n) is 3.26. The molecule has 1 heterocycles. The summed E-state index contributed by atoms with van der Waals surface area (Å²) in [5.74, 6) is -0.0877. The maximum absolute atomic E-state index is 11.2. The second kappa shape index (κ2) is 4.04. The van der Waals surface area contributed by atoms with Crippen molar-refractivity contribution in [2.24, 2.45) is 0 Å². The Hall–Kier alpha value is -1.55. The minimum Gasteiger partial charge on any atom is -0.496 e. The SMILES string of the molecule is COc1cccc2c1C(C)(C)CNC2C(=O)O. The molecule has 1 aliphatic rings. The number of aliphatic carboxylic acids is 1. The fourth-order valence-corrected chi connectivity index (χ4v) is 2.46. The number of nitrogens with one attached hydrogen (secondary N) is 1. The van der Waals surface area contributed by atoms with Gasteiger partial charge in [0.25, 0.3) is 0 Å². The lowest BCUT2D eigenvalue weighted by Crippen LogP contribution is -2.44. The van der Waals surface area contributed by atoms with Gasteiger partial charge in [-0.1, -0.05) is 26.0 Å². The van der Waals surface area contributed by atoms with Crippen molar-refractivity contribution in [3.63, 3.8) is 0 Å². The maximum atomic E-state index is 11.2. The van der Waals surface area contributed by atoms with Crippen molar-refractivity contribution in [3.8, 4) is 5.75 Å². The number of fused-ring (bicyclic) bond motifs is 1. The van der Waals surface area contributed by atoms with Crippen molar-refractivity contribution in [1.82, 2.24) is 5.32 Å². The lowest BCUT2D eigenvalue weighted by molar-refractivity contribution is -0.140. The number of hydrogen-bond acceptors (Lipinski definition) is 3. The topological polar surface area (TPSA) is 58.6 Å². The van der Waals surface area contributed by atoms with Crippen molar-refractivity contribution < 1.29 is 14.6 Å². The number of rotatable bonds is 2. The summed E-state index contributed by atoms with van der Waals surface area (Å²) in [6.45, 7) is 4.79. The third-order valence-corrected chi connectivity index (χ3v) is 3.26. The average Bonchev–Trinajstić information content (AvgIpc) is 2.27. The van der Waals surface area contributed by atoms with E-state index in [-0.39, 0.29) is 5.41 Å². The van der Waals surface area contributed by atoms with E-state index >= 15 is 0 Å². The molecule has 0 bridgehead atoms. The first-order chi connectivity index (χ1) is 7.97. The summed E-state index contributed by atoms with van der Waals surface area (Å²) in [6.07, 6.45) is 0. The van der Waals surface area contributed by atoms with Gasteiger partial charge < -0.3 is 9.84 Å². The van der Waals surface area contributed by atoms with Gasteiger partial charge in [-0.3, -0.25) is 10.1 Å². The Morgan fingerprint density at radius 1 is 1.53 bits per heavy atom. The zero-order valence-corrected chi connectivity index (χ0v) is 10.3. The van der Waals surface area contributed by atoms with Crippen LogP contribution >= 0.6 is 0 Å². The molecule has 0 saturated heterocycles. The van der Waals surface area contributed by atoms with Crippen molar-refractivity contribution in [2.75, 3.05) is 13.7 Å². The summed E-state index contributed by atoms with van der Waals surface area (Å²) in [4.78, 5) is 11.2. The van der Waals surface area contributed by atoms with Crippen LogP contribution in [-0.4, -0.2) is 24.7 Å². The van der Waals surface area contributed by atoms with Crippen LogP contribution in [0.4, 0.5) is 0 Å². The quantitative estimate of drug-likeness (QED) is 0.819. The lowest BCUT2D eigenvalue weighted by Gasteiger charge is -2.37. The molecule has 17 heavy (non-hydrogen) atoms. The molecule has 0 amide bonds. The predicted molar refractivity (Wildman–Crippen MR) is 64.4 cm³/mol. The molecule has 1 atom stereocenters. The molecule has 0 fully saturated rings. The molecule has 1 aromatic carbocycles. The molecule has 2 rings (SSSR count). The van der Waals surface area contributed by atoms with Gasteiger partial charge in [0.05, 0.1) is 7.11 Å². The number of methoxy groups -OCH3 is 1. The van der Waals surface area contributed by atoms with E-state index in [4.69, 9.17) is 4.74 Å². The molecule has 1 unspecified atom stereocenters. The van der Waals surface area contributed by atoms with E-state index in [0.717, 1.165) is 16.9 Å². The first kappa shape index (κ1) is 11.9. The van der Waals surface area contributed by atoms with E-state index in [2.05, 4.69) is 19.2 Å². The number of ether oxygens (including phenoxy) is 1. The number of carbonyl (C=O) groups is 1. The summed E-state index contributed by atoms with van der Waals surface area (Å²) < 4.78 is 5.36.